The molecule has 1 saturated heterocycles. The molecule has 0 radical (unpaired) electrons. The number of likely N-dealkylation sites (tertiary alicyclic amines) is 1. The molecule has 1 N–H and O–H groups in total. The SMILES string of the molecule is CCOc1cc(C(=O)NCc2ccccc2CN2CCCCC2)cc(OCC)c1OCC. The quantitative estimate of drug-likeness (QED) is 0.544. The molecule has 0 aromatic heterocycles. The van der Waals surface area contributed by atoms with Gasteiger partial charge in [0.15, 0.2) is 11.5 Å². The first-order valence-corrected chi connectivity index (χ1v) is 11.8. The normalized spacial score (nSPS) is 14.1. The summed E-state index contributed by atoms with van der Waals surface area (Å²) in [5, 5.41) is 3.07. The summed E-state index contributed by atoms with van der Waals surface area (Å²) in [6, 6.07) is 11.8. The summed E-state index contributed by atoms with van der Waals surface area (Å²) in [7, 11) is 0. The van der Waals surface area contributed by atoms with Crippen LogP contribution in [-0.2, 0) is 13.1 Å². The van der Waals surface area contributed by atoms with Crippen LogP contribution in [0.5, 0.6) is 17.2 Å². The van der Waals surface area contributed by atoms with E-state index in [0.29, 0.717) is 49.2 Å². The van der Waals surface area contributed by atoms with Gasteiger partial charge in [-0.2, -0.15) is 0 Å². The monoisotopic (exact) mass is 440 g/mol. The second kappa shape index (κ2) is 12.3. The number of nitrogens with one attached hydrogen (secondary N) is 1. The van der Waals surface area contributed by atoms with Crippen LogP contribution in [0.1, 0.15) is 61.5 Å². The Hall–Kier alpha value is -2.73. The highest BCUT2D eigenvalue weighted by Gasteiger charge is 2.19. The van der Waals surface area contributed by atoms with E-state index in [-0.39, 0.29) is 5.91 Å². The number of hydrogen-bond donors (Lipinski definition) is 1. The molecule has 0 aliphatic carbocycles. The molecular formula is C26H36N2O4. The minimum absolute atomic E-state index is 0.164. The van der Waals surface area contributed by atoms with Crippen molar-refractivity contribution in [1.82, 2.24) is 10.2 Å². The summed E-state index contributed by atoms with van der Waals surface area (Å²) in [5.41, 5.74) is 2.91. The van der Waals surface area contributed by atoms with Crippen LogP contribution >= 0.6 is 0 Å². The van der Waals surface area contributed by atoms with E-state index in [0.717, 1.165) is 25.2 Å². The van der Waals surface area contributed by atoms with Gasteiger partial charge in [-0.3, -0.25) is 9.69 Å². The van der Waals surface area contributed by atoms with E-state index in [4.69, 9.17) is 14.2 Å². The summed E-state index contributed by atoms with van der Waals surface area (Å²) in [5.74, 6) is 1.43. The van der Waals surface area contributed by atoms with Gasteiger partial charge in [0.05, 0.1) is 19.8 Å². The lowest BCUT2D eigenvalue weighted by Crippen LogP contribution is -2.30. The summed E-state index contributed by atoms with van der Waals surface area (Å²) in [4.78, 5) is 15.5. The molecule has 1 amide bonds. The highest BCUT2D eigenvalue weighted by atomic mass is 16.5. The van der Waals surface area contributed by atoms with Crippen molar-refractivity contribution in [1.29, 1.82) is 0 Å². The lowest BCUT2D eigenvalue weighted by molar-refractivity contribution is 0.0949. The third kappa shape index (κ3) is 6.39. The topological polar surface area (TPSA) is 60.0 Å². The number of ether oxygens (including phenoxy) is 3. The Morgan fingerprint density at radius 1 is 0.875 bits per heavy atom. The third-order valence-corrected chi connectivity index (χ3v) is 5.57. The van der Waals surface area contributed by atoms with Crippen LogP contribution in [0.2, 0.25) is 0 Å². The van der Waals surface area contributed by atoms with Crippen molar-refractivity contribution in [2.75, 3.05) is 32.9 Å². The van der Waals surface area contributed by atoms with Crippen LogP contribution in [0.4, 0.5) is 0 Å². The van der Waals surface area contributed by atoms with E-state index in [2.05, 4.69) is 28.4 Å². The molecule has 1 aliphatic heterocycles. The molecule has 0 atom stereocenters. The van der Waals surface area contributed by atoms with Crippen molar-refractivity contribution < 1.29 is 19.0 Å². The van der Waals surface area contributed by atoms with Crippen molar-refractivity contribution >= 4 is 5.91 Å². The standard InChI is InChI=1S/C26H36N2O4/c1-4-30-23-16-22(17-24(31-5-2)25(23)32-6-3)26(29)27-18-20-12-8-9-13-21(20)19-28-14-10-7-11-15-28/h8-9,12-13,16-17H,4-7,10-11,14-15,18-19H2,1-3H3,(H,27,29). The summed E-state index contributed by atoms with van der Waals surface area (Å²) in [6.07, 6.45) is 3.85. The van der Waals surface area contributed by atoms with Gasteiger partial charge in [-0.25, -0.2) is 0 Å². The van der Waals surface area contributed by atoms with Gasteiger partial charge < -0.3 is 19.5 Å². The van der Waals surface area contributed by atoms with Crippen LogP contribution in [0, 0.1) is 0 Å². The van der Waals surface area contributed by atoms with Crippen LogP contribution in [-0.4, -0.2) is 43.7 Å². The van der Waals surface area contributed by atoms with Gasteiger partial charge in [0.25, 0.3) is 5.91 Å². The Balaban J connectivity index is 1.74. The molecule has 3 rings (SSSR count). The summed E-state index contributed by atoms with van der Waals surface area (Å²) >= 11 is 0. The van der Waals surface area contributed by atoms with Crippen LogP contribution in [0.25, 0.3) is 0 Å². The molecule has 0 unspecified atom stereocenters. The zero-order valence-corrected chi connectivity index (χ0v) is 19.6. The molecule has 0 spiro atoms. The Morgan fingerprint density at radius 2 is 1.47 bits per heavy atom. The van der Waals surface area contributed by atoms with Crippen molar-refractivity contribution in [3.63, 3.8) is 0 Å². The first-order chi connectivity index (χ1) is 15.7. The predicted octanol–water partition coefficient (Wildman–Crippen LogP) is 4.80. The second-order valence-electron chi connectivity index (χ2n) is 7.89. The first kappa shape index (κ1) is 23.9. The molecule has 6 nitrogen and oxygen atoms in total. The maximum Gasteiger partial charge on any atom is 0.251 e. The van der Waals surface area contributed by atoms with Crippen LogP contribution < -0.4 is 19.5 Å². The number of nitrogens with zero attached hydrogens (tertiary/aromatic N) is 1. The van der Waals surface area contributed by atoms with Crippen molar-refractivity contribution in [2.45, 2.75) is 53.1 Å². The number of hydrogen-bond acceptors (Lipinski definition) is 5. The highest BCUT2D eigenvalue weighted by Crippen LogP contribution is 2.39. The number of amides is 1. The maximum atomic E-state index is 13.0. The minimum atomic E-state index is -0.164. The van der Waals surface area contributed by atoms with Crippen molar-refractivity contribution in [2.24, 2.45) is 0 Å². The number of piperidine rings is 1. The Labute approximate surface area is 191 Å². The van der Waals surface area contributed by atoms with Gasteiger partial charge in [-0.05, 0) is 70.0 Å². The van der Waals surface area contributed by atoms with Gasteiger partial charge in [-0.15, -0.1) is 0 Å². The second-order valence-corrected chi connectivity index (χ2v) is 7.89. The van der Waals surface area contributed by atoms with Crippen LogP contribution in [0.3, 0.4) is 0 Å². The molecule has 2 aromatic carbocycles. The lowest BCUT2D eigenvalue weighted by Gasteiger charge is -2.27. The molecule has 0 bridgehead atoms. The van der Waals surface area contributed by atoms with E-state index in [9.17, 15) is 4.79 Å². The van der Waals surface area contributed by atoms with Crippen molar-refractivity contribution in [3.05, 3.63) is 53.1 Å². The third-order valence-electron chi connectivity index (χ3n) is 5.57. The molecule has 1 heterocycles. The molecular weight excluding hydrogens is 404 g/mol. The summed E-state index contributed by atoms with van der Waals surface area (Å²) < 4.78 is 17.2. The smallest absolute Gasteiger partial charge is 0.251 e. The number of carbonyl (C=O) groups excluding carboxylic acids is 1. The zero-order valence-electron chi connectivity index (χ0n) is 19.6. The Morgan fingerprint density at radius 3 is 2.06 bits per heavy atom. The average Bonchev–Trinajstić information content (AvgIpc) is 2.81. The van der Waals surface area contributed by atoms with E-state index < -0.39 is 0 Å². The van der Waals surface area contributed by atoms with Crippen molar-refractivity contribution in [3.8, 4) is 17.2 Å². The van der Waals surface area contributed by atoms with E-state index >= 15 is 0 Å². The molecule has 2 aromatic rings. The fourth-order valence-corrected chi connectivity index (χ4v) is 4.04. The predicted molar refractivity (Wildman–Crippen MR) is 127 cm³/mol. The fraction of sp³-hybridized carbons (Fsp3) is 0.500. The largest absolute Gasteiger partial charge is 0.490 e. The van der Waals surface area contributed by atoms with Gasteiger partial charge in [0.1, 0.15) is 0 Å². The molecule has 1 fully saturated rings. The van der Waals surface area contributed by atoms with E-state index in [1.807, 2.05) is 26.8 Å². The molecule has 32 heavy (non-hydrogen) atoms. The van der Waals surface area contributed by atoms with Gasteiger partial charge in [-0.1, -0.05) is 30.7 Å². The molecule has 1 aliphatic rings. The van der Waals surface area contributed by atoms with Crippen LogP contribution in [0.15, 0.2) is 36.4 Å². The maximum absolute atomic E-state index is 13.0. The fourth-order valence-electron chi connectivity index (χ4n) is 4.04. The average molecular weight is 441 g/mol. The van der Waals surface area contributed by atoms with E-state index in [1.54, 1.807) is 12.1 Å². The molecule has 6 heteroatoms. The van der Waals surface area contributed by atoms with Gasteiger partial charge in [0.2, 0.25) is 5.75 Å². The molecule has 174 valence electrons. The van der Waals surface area contributed by atoms with Gasteiger partial charge in [0, 0.05) is 18.7 Å². The number of carbonyl (C=O) groups is 1. The summed E-state index contributed by atoms with van der Waals surface area (Å²) in [6.45, 7) is 10.8. The highest BCUT2D eigenvalue weighted by molar-refractivity contribution is 5.95. The Bertz CT molecular complexity index is 851. The van der Waals surface area contributed by atoms with E-state index in [1.165, 1.54) is 24.8 Å². The number of benzene rings is 2. The minimum Gasteiger partial charge on any atom is -0.490 e. The lowest BCUT2D eigenvalue weighted by atomic mass is 10.0. The van der Waals surface area contributed by atoms with Gasteiger partial charge >= 0.3 is 0 Å². The Kier molecular flexibility index (Phi) is 9.23. The molecule has 0 saturated carbocycles. The first-order valence-electron chi connectivity index (χ1n) is 11.8. The number of rotatable bonds is 11. The zero-order chi connectivity index (χ0) is 22.8.